The molecule has 4 nitrogen and oxygen atoms in total. The maximum absolute atomic E-state index is 14.5. The highest BCUT2D eigenvalue weighted by Crippen LogP contribution is 2.33. The van der Waals surface area contributed by atoms with Crippen molar-refractivity contribution in [1.82, 2.24) is 9.47 Å². The molecule has 1 atom stereocenters. The minimum Gasteiger partial charge on any atom is -0.348 e. The molecule has 3 aromatic rings. The highest BCUT2D eigenvalue weighted by atomic mass is 19.1. The summed E-state index contributed by atoms with van der Waals surface area (Å²) in [6.07, 6.45) is 2.01. The number of carbonyl (C=O) groups is 1. The molecule has 2 heterocycles. The molecular weight excluding hydrogens is 341 g/mol. The number of benzene rings is 2. The molecule has 1 aromatic heterocycles. The van der Waals surface area contributed by atoms with Crippen LogP contribution in [0.5, 0.6) is 0 Å². The number of anilines is 1. The minimum absolute atomic E-state index is 0.0970. The van der Waals surface area contributed by atoms with Crippen molar-refractivity contribution in [3.63, 3.8) is 0 Å². The van der Waals surface area contributed by atoms with Crippen molar-refractivity contribution in [1.29, 1.82) is 0 Å². The Kier molecular flexibility index (Phi) is 4.77. The molecule has 2 aromatic carbocycles. The Morgan fingerprint density at radius 2 is 1.85 bits per heavy atom. The molecule has 27 heavy (non-hydrogen) atoms. The zero-order valence-electron chi connectivity index (χ0n) is 15.2. The second kappa shape index (κ2) is 7.37. The summed E-state index contributed by atoms with van der Waals surface area (Å²) in [7, 11) is 0. The summed E-state index contributed by atoms with van der Waals surface area (Å²) in [4.78, 5) is 14.7. The number of hydrogen-bond donors (Lipinski definition) is 1. The van der Waals surface area contributed by atoms with Crippen molar-refractivity contribution in [2.75, 3.05) is 18.4 Å². The molecule has 0 radical (unpaired) electrons. The maximum Gasteiger partial charge on any atom is 0.238 e. The third-order valence-electron chi connectivity index (χ3n) is 5.02. The van der Waals surface area contributed by atoms with Crippen LogP contribution in [-0.2, 0) is 11.3 Å². The molecule has 0 bridgehead atoms. The fraction of sp³-hybridized carbons (Fsp3) is 0.227. The van der Waals surface area contributed by atoms with Crippen molar-refractivity contribution in [3.05, 3.63) is 89.5 Å². The molecule has 0 saturated carbocycles. The second-order valence-electron chi connectivity index (χ2n) is 6.94. The number of aromatic nitrogens is 1. The summed E-state index contributed by atoms with van der Waals surface area (Å²) in [5, 5.41) is 2.94. The van der Waals surface area contributed by atoms with E-state index in [0.717, 1.165) is 23.5 Å². The van der Waals surface area contributed by atoms with Gasteiger partial charge in [-0.2, -0.15) is 0 Å². The maximum atomic E-state index is 14.5. The molecule has 4 rings (SSSR count). The van der Waals surface area contributed by atoms with E-state index in [1.165, 1.54) is 6.07 Å². The predicted octanol–water partition coefficient (Wildman–Crippen LogP) is 3.98. The highest BCUT2D eigenvalue weighted by molar-refractivity contribution is 5.92. The van der Waals surface area contributed by atoms with Crippen LogP contribution in [0.15, 0.2) is 66.9 Å². The van der Waals surface area contributed by atoms with E-state index >= 15 is 0 Å². The summed E-state index contributed by atoms with van der Waals surface area (Å²) < 4.78 is 16.7. The lowest BCUT2D eigenvalue weighted by Gasteiger charge is -2.37. The third-order valence-corrected chi connectivity index (χ3v) is 5.02. The Hall–Kier alpha value is -2.92. The van der Waals surface area contributed by atoms with Gasteiger partial charge >= 0.3 is 0 Å². The zero-order valence-corrected chi connectivity index (χ0v) is 15.2. The van der Waals surface area contributed by atoms with E-state index in [0.29, 0.717) is 12.1 Å². The quantitative estimate of drug-likeness (QED) is 0.761. The Balaban J connectivity index is 1.58. The number of carbonyl (C=O) groups excluding carboxylic acids is 1. The molecule has 1 N–H and O–H groups in total. The number of amides is 1. The van der Waals surface area contributed by atoms with Crippen LogP contribution in [0.25, 0.3) is 0 Å². The first kappa shape index (κ1) is 17.5. The van der Waals surface area contributed by atoms with Gasteiger partial charge in [0.15, 0.2) is 0 Å². The Labute approximate surface area is 158 Å². The van der Waals surface area contributed by atoms with Gasteiger partial charge in [0.05, 0.1) is 12.6 Å². The lowest BCUT2D eigenvalue weighted by Crippen LogP contribution is -2.43. The normalized spacial score (nSPS) is 16.7. The molecule has 1 aliphatic heterocycles. The molecule has 0 spiro atoms. The largest absolute Gasteiger partial charge is 0.348 e. The van der Waals surface area contributed by atoms with E-state index in [2.05, 4.69) is 9.88 Å². The second-order valence-corrected chi connectivity index (χ2v) is 6.94. The van der Waals surface area contributed by atoms with E-state index < -0.39 is 0 Å². The zero-order chi connectivity index (χ0) is 18.8. The van der Waals surface area contributed by atoms with Crippen LogP contribution in [-0.4, -0.2) is 28.5 Å². The first-order chi connectivity index (χ1) is 13.1. The topological polar surface area (TPSA) is 37.3 Å². The number of hydrogen-bond acceptors (Lipinski definition) is 2. The van der Waals surface area contributed by atoms with Gasteiger partial charge in [-0.1, -0.05) is 35.9 Å². The van der Waals surface area contributed by atoms with E-state index in [1.807, 2.05) is 60.5 Å². The fourth-order valence-electron chi connectivity index (χ4n) is 3.68. The Morgan fingerprint density at radius 3 is 2.63 bits per heavy atom. The first-order valence-electron chi connectivity index (χ1n) is 9.12. The molecule has 1 amide bonds. The molecule has 0 unspecified atom stereocenters. The van der Waals surface area contributed by atoms with Crippen LogP contribution >= 0.6 is 0 Å². The van der Waals surface area contributed by atoms with Crippen LogP contribution < -0.4 is 5.32 Å². The van der Waals surface area contributed by atoms with Crippen molar-refractivity contribution in [2.24, 2.45) is 0 Å². The minimum atomic E-state index is -0.279. The third kappa shape index (κ3) is 3.64. The predicted molar refractivity (Wildman–Crippen MR) is 104 cm³/mol. The van der Waals surface area contributed by atoms with E-state index in [4.69, 9.17) is 0 Å². The van der Waals surface area contributed by atoms with Gasteiger partial charge in [-0.3, -0.25) is 9.69 Å². The fourth-order valence-corrected chi connectivity index (χ4v) is 3.68. The average molecular weight is 363 g/mol. The molecule has 0 fully saturated rings. The van der Waals surface area contributed by atoms with Crippen LogP contribution in [0.4, 0.5) is 10.1 Å². The van der Waals surface area contributed by atoms with Gasteiger partial charge in [-0.15, -0.1) is 0 Å². The smallest absolute Gasteiger partial charge is 0.238 e. The number of halogens is 1. The standard InChI is InChI=1S/C22H22FN3O/c1-16-8-10-17(11-9-16)24-21(27)15-26-14-13-25-12-4-7-20(25)22(26)18-5-2-3-6-19(18)23/h2-12,22H,13-15H2,1H3,(H,24,27)/t22-/m0/s1. The van der Waals surface area contributed by atoms with Crippen LogP contribution in [0.1, 0.15) is 22.9 Å². The summed E-state index contributed by atoms with van der Waals surface area (Å²) in [6.45, 7) is 3.68. The van der Waals surface area contributed by atoms with Crippen LogP contribution in [0, 0.1) is 12.7 Å². The molecule has 138 valence electrons. The van der Waals surface area contributed by atoms with Gasteiger partial charge < -0.3 is 9.88 Å². The molecule has 0 aliphatic carbocycles. The highest BCUT2D eigenvalue weighted by Gasteiger charge is 2.31. The lowest BCUT2D eigenvalue weighted by molar-refractivity contribution is -0.118. The van der Waals surface area contributed by atoms with Gasteiger partial charge in [0.25, 0.3) is 0 Å². The Morgan fingerprint density at radius 1 is 1.07 bits per heavy atom. The molecule has 1 aliphatic rings. The molecule has 5 heteroatoms. The number of aryl methyl sites for hydroxylation is 1. The van der Waals surface area contributed by atoms with Gasteiger partial charge in [0.2, 0.25) is 5.91 Å². The monoisotopic (exact) mass is 363 g/mol. The first-order valence-corrected chi connectivity index (χ1v) is 9.12. The number of nitrogens with zero attached hydrogens (tertiary/aromatic N) is 2. The number of rotatable bonds is 4. The van der Waals surface area contributed by atoms with Gasteiger partial charge in [-0.25, -0.2) is 4.39 Å². The van der Waals surface area contributed by atoms with E-state index in [9.17, 15) is 9.18 Å². The van der Waals surface area contributed by atoms with Crippen LogP contribution in [0.3, 0.4) is 0 Å². The van der Waals surface area contributed by atoms with Crippen LogP contribution in [0.2, 0.25) is 0 Å². The van der Waals surface area contributed by atoms with Gasteiger partial charge in [0, 0.05) is 36.2 Å². The van der Waals surface area contributed by atoms with Crippen molar-refractivity contribution in [2.45, 2.75) is 19.5 Å². The Bertz CT molecular complexity index is 948. The average Bonchev–Trinajstić information content (AvgIpc) is 3.13. The lowest BCUT2D eigenvalue weighted by atomic mass is 9.99. The van der Waals surface area contributed by atoms with E-state index in [1.54, 1.807) is 12.1 Å². The summed E-state index contributed by atoms with van der Waals surface area (Å²) in [5.74, 6) is -0.346. The SMILES string of the molecule is Cc1ccc(NC(=O)CN2CCn3cccc3[C@@H]2c2ccccc2F)cc1. The van der Waals surface area contributed by atoms with Crippen molar-refractivity contribution < 1.29 is 9.18 Å². The summed E-state index contributed by atoms with van der Waals surface area (Å²) in [6, 6.07) is 18.2. The summed E-state index contributed by atoms with van der Waals surface area (Å²) in [5.41, 5.74) is 3.52. The van der Waals surface area contributed by atoms with Gasteiger partial charge in [0.1, 0.15) is 5.82 Å². The molecular formula is C22H22FN3O. The number of nitrogens with one attached hydrogen (secondary N) is 1. The van der Waals surface area contributed by atoms with Crippen molar-refractivity contribution in [3.8, 4) is 0 Å². The number of fused-ring (bicyclic) bond motifs is 1. The summed E-state index contributed by atoms with van der Waals surface area (Å²) >= 11 is 0. The molecule has 0 saturated heterocycles. The van der Waals surface area contributed by atoms with Crippen molar-refractivity contribution >= 4 is 11.6 Å². The van der Waals surface area contributed by atoms with Gasteiger partial charge in [-0.05, 0) is 37.3 Å². The van der Waals surface area contributed by atoms with E-state index in [-0.39, 0.29) is 24.3 Å².